The molecule has 0 spiro atoms. The fraction of sp³-hybridized carbons (Fsp3) is 1.00. The molecule has 98 valence electrons. The molecule has 3 atom stereocenters. The second-order valence-corrected chi connectivity index (χ2v) is 6.50. The van der Waals surface area contributed by atoms with E-state index < -0.39 is 0 Å². The Labute approximate surface area is 105 Å². The molecule has 0 aliphatic carbocycles. The highest BCUT2D eigenvalue weighted by molar-refractivity contribution is 4.97. The van der Waals surface area contributed by atoms with E-state index in [-0.39, 0.29) is 5.60 Å². The Morgan fingerprint density at radius 1 is 1.29 bits per heavy atom. The molecule has 0 aromatic heterocycles. The number of ether oxygens (including phenoxy) is 1. The minimum Gasteiger partial charge on any atom is -0.374 e. The van der Waals surface area contributed by atoms with E-state index in [2.05, 4.69) is 24.2 Å². The third kappa shape index (κ3) is 2.38. The van der Waals surface area contributed by atoms with E-state index in [0.717, 1.165) is 31.3 Å². The number of nitrogens with zero attached hydrogens (tertiary/aromatic N) is 1. The second kappa shape index (κ2) is 4.52. The van der Waals surface area contributed by atoms with Gasteiger partial charge in [0.2, 0.25) is 0 Å². The molecule has 3 rings (SSSR count). The number of nitrogens with one attached hydrogen (secondary N) is 1. The van der Waals surface area contributed by atoms with Crippen LogP contribution in [0.5, 0.6) is 0 Å². The van der Waals surface area contributed by atoms with Crippen molar-refractivity contribution in [2.75, 3.05) is 20.2 Å². The van der Waals surface area contributed by atoms with Gasteiger partial charge in [-0.05, 0) is 52.5 Å². The lowest BCUT2D eigenvalue weighted by Gasteiger charge is -2.38. The Bertz CT molecular complexity index is 261. The van der Waals surface area contributed by atoms with Gasteiger partial charge in [-0.2, -0.15) is 0 Å². The van der Waals surface area contributed by atoms with E-state index in [1.807, 2.05) is 0 Å². The first-order chi connectivity index (χ1) is 8.16. The van der Waals surface area contributed by atoms with Crippen molar-refractivity contribution in [2.45, 2.75) is 69.2 Å². The molecule has 3 saturated heterocycles. The van der Waals surface area contributed by atoms with Crippen LogP contribution in [0.25, 0.3) is 0 Å². The molecule has 3 fully saturated rings. The molecule has 1 N–H and O–H groups in total. The Balaban J connectivity index is 1.50. The van der Waals surface area contributed by atoms with Crippen LogP contribution in [0.1, 0.15) is 45.4 Å². The lowest BCUT2D eigenvalue weighted by atomic mass is 9.96. The highest BCUT2D eigenvalue weighted by Gasteiger charge is 2.39. The standard InChI is InChI=1S/C14H26N2O/c1-14(6-3-7-17-14)10-15-11-8-12-4-5-13(9-11)16(12)2/h11-13,15H,3-10H2,1-2H3. The van der Waals surface area contributed by atoms with Gasteiger partial charge in [0, 0.05) is 31.3 Å². The third-order valence-corrected chi connectivity index (χ3v) is 5.16. The maximum Gasteiger partial charge on any atom is 0.0779 e. The van der Waals surface area contributed by atoms with Crippen LogP contribution in [-0.2, 0) is 4.74 Å². The molecule has 0 saturated carbocycles. The quantitative estimate of drug-likeness (QED) is 0.811. The first-order valence-electron chi connectivity index (χ1n) is 7.26. The van der Waals surface area contributed by atoms with Gasteiger partial charge in [0.15, 0.2) is 0 Å². The van der Waals surface area contributed by atoms with Gasteiger partial charge in [0.25, 0.3) is 0 Å². The molecule has 3 aliphatic heterocycles. The van der Waals surface area contributed by atoms with Crippen LogP contribution in [0.4, 0.5) is 0 Å². The van der Waals surface area contributed by atoms with Crippen molar-refractivity contribution in [1.82, 2.24) is 10.2 Å². The summed E-state index contributed by atoms with van der Waals surface area (Å²) in [6.45, 7) is 4.26. The van der Waals surface area contributed by atoms with E-state index in [1.165, 1.54) is 38.5 Å². The van der Waals surface area contributed by atoms with E-state index in [9.17, 15) is 0 Å². The first-order valence-corrected chi connectivity index (χ1v) is 7.26. The van der Waals surface area contributed by atoms with Crippen LogP contribution in [0.3, 0.4) is 0 Å². The molecular formula is C14H26N2O. The summed E-state index contributed by atoms with van der Waals surface area (Å²) in [6.07, 6.45) is 7.95. The number of fused-ring (bicyclic) bond motifs is 2. The van der Waals surface area contributed by atoms with E-state index in [0.29, 0.717) is 0 Å². The molecule has 3 nitrogen and oxygen atoms in total. The van der Waals surface area contributed by atoms with Gasteiger partial charge in [0.1, 0.15) is 0 Å². The summed E-state index contributed by atoms with van der Waals surface area (Å²) in [5.74, 6) is 0. The summed E-state index contributed by atoms with van der Waals surface area (Å²) < 4.78 is 5.85. The summed E-state index contributed by atoms with van der Waals surface area (Å²) in [7, 11) is 2.31. The van der Waals surface area contributed by atoms with Crippen LogP contribution < -0.4 is 5.32 Å². The molecule has 3 unspecified atom stereocenters. The van der Waals surface area contributed by atoms with Crippen molar-refractivity contribution in [3.63, 3.8) is 0 Å². The van der Waals surface area contributed by atoms with Crippen molar-refractivity contribution in [3.05, 3.63) is 0 Å². The van der Waals surface area contributed by atoms with E-state index in [1.54, 1.807) is 0 Å². The second-order valence-electron chi connectivity index (χ2n) is 6.50. The zero-order valence-electron chi connectivity index (χ0n) is 11.2. The number of hydrogen-bond acceptors (Lipinski definition) is 3. The number of hydrogen-bond donors (Lipinski definition) is 1. The molecule has 17 heavy (non-hydrogen) atoms. The van der Waals surface area contributed by atoms with Crippen molar-refractivity contribution in [1.29, 1.82) is 0 Å². The molecule has 0 aromatic rings. The Kier molecular flexibility index (Phi) is 3.18. The smallest absolute Gasteiger partial charge is 0.0779 e. The van der Waals surface area contributed by atoms with Crippen molar-refractivity contribution >= 4 is 0 Å². The normalized spacial score (nSPS) is 46.6. The molecular weight excluding hydrogens is 212 g/mol. The molecule has 0 aromatic carbocycles. The molecule has 0 amide bonds. The van der Waals surface area contributed by atoms with Crippen LogP contribution in [-0.4, -0.2) is 48.8 Å². The lowest BCUT2D eigenvalue weighted by molar-refractivity contribution is 0.0153. The maximum absolute atomic E-state index is 5.85. The van der Waals surface area contributed by atoms with Gasteiger partial charge >= 0.3 is 0 Å². The highest BCUT2D eigenvalue weighted by atomic mass is 16.5. The third-order valence-electron chi connectivity index (χ3n) is 5.16. The van der Waals surface area contributed by atoms with Gasteiger partial charge in [-0.3, -0.25) is 0 Å². The fourth-order valence-corrected chi connectivity index (χ4v) is 3.91. The number of rotatable bonds is 3. The molecule has 3 aliphatic rings. The minimum atomic E-state index is 0.113. The van der Waals surface area contributed by atoms with E-state index in [4.69, 9.17) is 4.74 Å². The van der Waals surface area contributed by atoms with Gasteiger partial charge in [-0.25, -0.2) is 0 Å². The zero-order valence-corrected chi connectivity index (χ0v) is 11.2. The van der Waals surface area contributed by atoms with Crippen molar-refractivity contribution in [3.8, 4) is 0 Å². The predicted octanol–water partition coefficient (Wildman–Crippen LogP) is 1.77. The maximum atomic E-state index is 5.85. The van der Waals surface area contributed by atoms with Gasteiger partial charge < -0.3 is 15.0 Å². The van der Waals surface area contributed by atoms with Crippen molar-refractivity contribution < 1.29 is 4.74 Å². The minimum absolute atomic E-state index is 0.113. The van der Waals surface area contributed by atoms with Gasteiger partial charge in [-0.15, -0.1) is 0 Å². The summed E-state index contributed by atoms with van der Waals surface area (Å²) >= 11 is 0. The van der Waals surface area contributed by atoms with Crippen LogP contribution in [0, 0.1) is 0 Å². The SMILES string of the molecule is CN1C2CCC1CC(NCC1(C)CCCO1)C2. The van der Waals surface area contributed by atoms with Gasteiger partial charge in [-0.1, -0.05) is 0 Å². The average molecular weight is 238 g/mol. The Hall–Kier alpha value is -0.120. The van der Waals surface area contributed by atoms with Crippen molar-refractivity contribution in [2.24, 2.45) is 0 Å². The monoisotopic (exact) mass is 238 g/mol. The largest absolute Gasteiger partial charge is 0.374 e. The summed E-state index contributed by atoms with van der Waals surface area (Å²) in [5, 5.41) is 3.77. The highest BCUT2D eigenvalue weighted by Crippen LogP contribution is 2.34. The average Bonchev–Trinajstić information content (AvgIpc) is 2.80. The summed E-state index contributed by atoms with van der Waals surface area (Å²) in [4.78, 5) is 2.60. The zero-order chi connectivity index (χ0) is 11.9. The summed E-state index contributed by atoms with van der Waals surface area (Å²) in [5.41, 5.74) is 0.113. The van der Waals surface area contributed by atoms with Gasteiger partial charge in [0.05, 0.1) is 5.60 Å². The van der Waals surface area contributed by atoms with Crippen LogP contribution in [0.2, 0.25) is 0 Å². The Morgan fingerprint density at radius 3 is 2.59 bits per heavy atom. The lowest BCUT2D eigenvalue weighted by Crippen LogP contribution is -2.50. The molecule has 2 bridgehead atoms. The Morgan fingerprint density at radius 2 is 2.00 bits per heavy atom. The summed E-state index contributed by atoms with van der Waals surface area (Å²) in [6, 6.07) is 2.40. The van der Waals surface area contributed by atoms with Crippen LogP contribution >= 0.6 is 0 Å². The molecule has 0 radical (unpaired) electrons. The fourth-order valence-electron chi connectivity index (χ4n) is 3.91. The molecule has 3 heterocycles. The first kappa shape index (κ1) is 11.9. The predicted molar refractivity (Wildman–Crippen MR) is 69.2 cm³/mol. The van der Waals surface area contributed by atoms with Crippen LogP contribution in [0.15, 0.2) is 0 Å². The number of piperidine rings is 1. The topological polar surface area (TPSA) is 24.5 Å². The molecule has 3 heteroatoms. The van der Waals surface area contributed by atoms with E-state index >= 15 is 0 Å².